The number of hydrogen-bond acceptors (Lipinski definition) is 4. The minimum Gasteiger partial charge on any atom is -0.480 e. The molecule has 21 heavy (non-hydrogen) atoms. The molecule has 114 valence electrons. The number of anilines is 1. The average molecular weight is 309 g/mol. The summed E-state index contributed by atoms with van der Waals surface area (Å²) in [7, 11) is 0. The highest BCUT2D eigenvalue weighted by atomic mass is 32.1. The summed E-state index contributed by atoms with van der Waals surface area (Å²) < 4.78 is 0. The molecule has 0 bridgehead atoms. The summed E-state index contributed by atoms with van der Waals surface area (Å²) in [5, 5.41) is 15.2. The monoisotopic (exact) mass is 309 g/mol. The first-order chi connectivity index (χ1) is 9.99. The fourth-order valence-corrected chi connectivity index (χ4v) is 3.81. The largest absolute Gasteiger partial charge is 0.480 e. The van der Waals surface area contributed by atoms with Gasteiger partial charge in [-0.2, -0.15) is 0 Å². The van der Waals surface area contributed by atoms with E-state index >= 15 is 0 Å². The molecule has 1 heterocycles. The Labute approximate surface area is 127 Å². The second kappa shape index (κ2) is 5.29. The molecule has 0 aliphatic heterocycles. The molecule has 2 aliphatic carbocycles. The van der Waals surface area contributed by atoms with Crippen LogP contribution in [-0.4, -0.2) is 27.6 Å². The van der Waals surface area contributed by atoms with Gasteiger partial charge in [0.25, 0.3) is 0 Å². The predicted molar refractivity (Wildman–Crippen MR) is 79.7 cm³/mol. The first-order valence-corrected chi connectivity index (χ1v) is 8.12. The van der Waals surface area contributed by atoms with Crippen LogP contribution in [0.4, 0.5) is 9.93 Å². The minimum atomic E-state index is -1.19. The third kappa shape index (κ3) is 2.88. The quantitative estimate of drug-likeness (QED) is 0.796. The van der Waals surface area contributed by atoms with Gasteiger partial charge < -0.3 is 10.4 Å². The highest BCUT2D eigenvalue weighted by Gasteiger charge is 2.48. The molecule has 0 radical (unpaired) electrons. The number of carboxylic acid groups (broad SMARTS) is 1. The summed E-state index contributed by atoms with van der Waals surface area (Å²) in [5.41, 5.74) is -0.120. The fourth-order valence-electron chi connectivity index (χ4n) is 2.76. The second-order valence-electron chi connectivity index (χ2n) is 5.96. The zero-order valence-electron chi connectivity index (χ0n) is 11.9. The number of aromatic nitrogens is 1. The van der Waals surface area contributed by atoms with Crippen molar-refractivity contribution >= 4 is 28.5 Å². The van der Waals surface area contributed by atoms with Crippen LogP contribution in [0, 0.1) is 5.92 Å². The van der Waals surface area contributed by atoms with Crippen molar-refractivity contribution in [3.05, 3.63) is 10.6 Å². The number of aryl methyl sites for hydroxylation is 2. The Hall–Kier alpha value is -1.63. The lowest BCUT2D eigenvalue weighted by Crippen LogP contribution is -2.55. The van der Waals surface area contributed by atoms with Crippen LogP contribution in [0.1, 0.15) is 43.2 Å². The van der Waals surface area contributed by atoms with E-state index in [1.54, 1.807) is 6.92 Å². The summed E-state index contributed by atoms with van der Waals surface area (Å²) in [6, 6.07) is -0.488. The van der Waals surface area contributed by atoms with Gasteiger partial charge in [-0.1, -0.05) is 0 Å². The van der Waals surface area contributed by atoms with Gasteiger partial charge in [0, 0.05) is 4.88 Å². The Morgan fingerprint density at radius 1 is 1.33 bits per heavy atom. The van der Waals surface area contributed by atoms with Crippen molar-refractivity contribution < 1.29 is 14.7 Å². The molecule has 1 fully saturated rings. The number of urea groups is 1. The smallest absolute Gasteiger partial charge is 0.329 e. The highest BCUT2D eigenvalue weighted by molar-refractivity contribution is 7.15. The van der Waals surface area contributed by atoms with Gasteiger partial charge in [-0.25, -0.2) is 14.6 Å². The summed E-state index contributed by atoms with van der Waals surface area (Å²) >= 11 is 1.49. The summed E-state index contributed by atoms with van der Waals surface area (Å²) in [6.45, 7) is 1.57. The molecule has 1 saturated carbocycles. The number of amides is 2. The van der Waals surface area contributed by atoms with E-state index in [0.717, 1.165) is 37.8 Å². The number of rotatable bonds is 4. The highest BCUT2D eigenvalue weighted by Crippen LogP contribution is 2.39. The van der Waals surface area contributed by atoms with Gasteiger partial charge in [-0.05, 0) is 51.4 Å². The van der Waals surface area contributed by atoms with Crippen LogP contribution >= 0.6 is 11.3 Å². The van der Waals surface area contributed by atoms with Gasteiger partial charge in [0.2, 0.25) is 0 Å². The molecule has 2 aliphatic rings. The molecule has 0 spiro atoms. The van der Waals surface area contributed by atoms with Crippen molar-refractivity contribution in [2.75, 3.05) is 5.32 Å². The number of hydrogen-bond donors (Lipinski definition) is 3. The van der Waals surface area contributed by atoms with Crippen LogP contribution in [0.25, 0.3) is 0 Å². The van der Waals surface area contributed by atoms with Gasteiger partial charge in [-0.3, -0.25) is 5.32 Å². The molecular formula is C14H19N3O3S. The van der Waals surface area contributed by atoms with Crippen molar-refractivity contribution in [2.45, 2.75) is 51.0 Å². The second-order valence-corrected chi connectivity index (χ2v) is 7.04. The molecule has 0 saturated heterocycles. The van der Waals surface area contributed by atoms with Gasteiger partial charge in [0.05, 0.1) is 5.69 Å². The first kappa shape index (κ1) is 14.3. The molecule has 3 rings (SSSR count). The third-order valence-corrected chi connectivity index (χ3v) is 5.35. The van der Waals surface area contributed by atoms with Crippen molar-refractivity contribution in [3.8, 4) is 0 Å². The van der Waals surface area contributed by atoms with Crippen molar-refractivity contribution in [1.29, 1.82) is 0 Å². The molecule has 2 amide bonds. The van der Waals surface area contributed by atoms with E-state index in [-0.39, 0.29) is 5.92 Å². The van der Waals surface area contributed by atoms with Gasteiger partial charge in [0.15, 0.2) is 5.13 Å². The Bertz CT molecular complexity index is 559. The number of carbonyl (C=O) groups excluding carboxylic acids is 1. The zero-order chi connectivity index (χ0) is 15.0. The summed E-state index contributed by atoms with van der Waals surface area (Å²) in [4.78, 5) is 29.1. The van der Waals surface area contributed by atoms with Gasteiger partial charge >= 0.3 is 12.0 Å². The Morgan fingerprint density at radius 3 is 2.67 bits per heavy atom. The number of thiazole rings is 1. The Morgan fingerprint density at radius 2 is 2.05 bits per heavy atom. The molecule has 0 aromatic carbocycles. The van der Waals surface area contributed by atoms with Crippen molar-refractivity contribution in [2.24, 2.45) is 5.92 Å². The number of nitrogens with one attached hydrogen (secondary N) is 2. The maximum absolute atomic E-state index is 12.1. The molecule has 1 aromatic rings. The maximum atomic E-state index is 12.1. The number of aliphatic carboxylic acids is 1. The maximum Gasteiger partial charge on any atom is 0.329 e. The van der Waals surface area contributed by atoms with E-state index in [4.69, 9.17) is 0 Å². The van der Waals surface area contributed by atoms with Crippen LogP contribution in [0.3, 0.4) is 0 Å². The van der Waals surface area contributed by atoms with E-state index in [1.807, 2.05) is 0 Å². The Kier molecular flexibility index (Phi) is 3.61. The normalized spacial score (nSPS) is 20.2. The third-order valence-electron chi connectivity index (χ3n) is 4.28. The lowest BCUT2D eigenvalue weighted by Gasteiger charge is -2.25. The van der Waals surface area contributed by atoms with E-state index in [0.29, 0.717) is 5.13 Å². The number of carboxylic acids is 1. The molecule has 6 nitrogen and oxygen atoms in total. The van der Waals surface area contributed by atoms with E-state index < -0.39 is 17.5 Å². The van der Waals surface area contributed by atoms with Gasteiger partial charge in [-0.15, -0.1) is 11.3 Å². The average Bonchev–Trinajstić information content (AvgIpc) is 3.19. The molecule has 1 unspecified atom stereocenters. The number of carbonyl (C=O) groups is 2. The molecule has 3 N–H and O–H groups in total. The molecular weight excluding hydrogens is 290 g/mol. The lowest BCUT2D eigenvalue weighted by molar-refractivity contribution is -0.144. The van der Waals surface area contributed by atoms with Crippen molar-refractivity contribution in [3.63, 3.8) is 0 Å². The minimum absolute atomic E-state index is 0.0188. The molecule has 7 heteroatoms. The number of fused-ring (bicyclic) bond motifs is 1. The van der Waals surface area contributed by atoms with Crippen LogP contribution in [-0.2, 0) is 17.6 Å². The van der Waals surface area contributed by atoms with Crippen LogP contribution < -0.4 is 10.6 Å². The first-order valence-electron chi connectivity index (χ1n) is 7.30. The van der Waals surface area contributed by atoms with Crippen LogP contribution in [0.2, 0.25) is 0 Å². The fraction of sp³-hybridized carbons (Fsp3) is 0.643. The summed E-state index contributed by atoms with van der Waals surface area (Å²) in [5.74, 6) is -0.969. The van der Waals surface area contributed by atoms with Crippen LogP contribution in [0.15, 0.2) is 0 Å². The van der Waals surface area contributed by atoms with Crippen molar-refractivity contribution in [1.82, 2.24) is 10.3 Å². The lowest BCUT2D eigenvalue weighted by atomic mass is 9.96. The van der Waals surface area contributed by atoms with Gasteiger partial charge in [0.1, 0.15) is 5.54 Å². The molecule has 1 aromatic heterocycles. The van der Waals surface area contributed by atoms with E-state index in [2.05, 4.69) is 15.6 Å². The predicted octanol–water partition coefficient (Wildman–Crippen LogP) is 2.40. The molecule has 1 atom stereocenters. The van der Waals surface area contributed by atoms with E-state index in [1.165, 1.54) is 22.6 Å². The van der Waals surface area contributed by atoms with E-state index in [9.17, 15) is 14.7 Å². The standard InChI is InChI=1S/C14H19N3O3S/c1-14(11(18)19,8-6-7-8)17-12(20)16-13-15-9-4-2-3-5-10(9)21-13/h8H,2-7H2,1H3,(H,18,19)(H2,15,16,17,20). The topological polar surface area (TPSA) is 91.3 Å². The zero-order valence-corrected chi connectivity index (χ0v) is 12.8. The summed E-state index contributed by atoms with van der Waals surface area (Å²) in [6.07, 6.45) is 5.97. The number of nitrogens with zero attached hydrogens (tertiary/aromatic N) is 1. The Balaban J connectivity index is 1.66. The SMILES string of the molecule is CC(NC(=O)Nc1nc2c(s1)CCCC2)(C(=O)O)C1CC1. The van der Waals surface area contributed by atoms with Crippen LogP contribution in [0.5, 0.6) is 0 Å².